The van der Waals surface area contributed by atoms with Crippen molar-refractivity contribution in [3.05, 3.63) is 72.3 Å². The zero-order valence-electron chi connectivity index (χ0n) is 13.9. The van der Waals surface area contributed by atoms with E-state index in [1.54, 1.807) is 0 Å². The molecule has 4 aromatic rings. The minimum atomic E-state index is 0.448. The summed E-state index contributed by atoms with van der Waals surface area (Å²) < 4.78 is 2.06. The van der Waals surface area contributed by atoms with Crippen molar-refractivity contribution < 1.29 is 0 Å². The smallest absolute Gasteiger partial charge is 0.137 e. The van der Waals surface area contributed by atoms with E-state index in [2.05, 4.69) is 63.3 Å². The summed E-state index contributed by atoms with van der Waals surface area (Å²) in [6, 6.07) is 15.0. The van der Waals surface area contributed by atoms with Crippen LogP contribution in [0.4, 0.5) is 0 Å². The first kappa shape index (κ1) is 15.0. The summed E-state index contributed by atoms with van der Waals surface area (Å²) in [6.45, 7) is 3.04. The van der Waals surface area contributed by atoms with Crippen LogP contribution in [-0.4, -0.2) is 20.4 Å². The van der Waals surface area contributed by atoms with Crippen LogP contribution in [0.15, 0.2) is 61.1 Å². The number of fused-ring (bicyclic) bond motifs is 2. The van der Waals surface area contributed by atoms with Crippen molar-refractivity contribution >= 4 is 16.6 Å². The molecule has 0 spiro atoms. The van der Waals surface area contributed by atoms with E-state index >= 15 is 0 Å². The Bertz CT molecular complexity index is 917. The summed E-state index contributed by atoms with van der Waals surface area (Å²) in [5, 5.41) is 4.92. The number of nitrogens with zero attached hydrogens (tertiary/aromatic N) is 2. The highest BCUT2D eigenvalue weighted by Gasteiger charge is 2.07. The van der Waals surface area contributed by atoms with Gasteiger partial charge in [-0.25, -0.2) is 4.98 Å². The van der Waals surface area contributed by atoms with E-state index in [9.17, 15) is 0 Å². The molecule has 0 radical (unpaired) electrons. The molecule has 0 fully saturated rings. The van der Waals surface area contributed by atoms with Crippen LogP contribution in [0.5, 0.6) is 0 Å². The van der Waals surface area contributed by atoms with E-state index in [-0.39, 0.29) is 0 Å². The Morgan fingerprint density at radius 1 is 1.17 bits per heavy atom. The Hall–Kier alpha value is -2.59. The Labute approximate surface area is 141 Å². The second-order valence-corrected chi connectivity index (χ2v) is 6.38. The Morgan fingerprint density at radius 3 is 2.96 bits per heavy atom. The average molecular weight is 318 g/mol. The summed E-state index contributed by atoms with van der Waals surface area (Å²) in [4.78, 5) is 7.98. The molecule has 3 heterocycles. The van der Waals surface area contributed by atoms with Gasteiger partial charge in [0, 0.05) is 42.1 Å². The van der Waals surface area contributed by atoms with Crippen LogP contribution in [0.3, 0.4) is 0 Å². The van der Waals surface area contributed by atoms with Crippen LogP contribution in [0, 0.1) is 0 Å². The third kappa shape index (κ3) is 3.05. The monoisotopic (exact) mass is 318 g/mol. The lowest BCUT2D eigenvalue weighted by Crippen LogP contribution is -2.26. The van der Waals surface area contributed by atoms with E-state index < -0.39 is 0 Å². The van der Waals surface area contributed by atoms with Crippen molar-refractivity contribution in [1.82, 2.24) is 19.7 Å². The highest BCUT2D eigenvalue weighted by Crippen LogP contribution is 2.19. The normalized spacial score (nSPS) is 12.9. The first-order chi connectivity index (χ1) is 11.8. The SMILES string of the molecule is C[C@@H](CCc1c[nH]c2ccccc12)NCc1cn2ccccc2n1. The van der Waals surface area contributed by atoms with E-state index in [0.717, 1.165) is 30.7 Å². The molecule has 0 bridgehead atoms. The third-order valence-electron chi connectivity index (χ3n) is 4.57. The number of imidazole rings is 1. The van der Waals surface area contributed by atoms with Crippen LogP contribution in [-0.2, 0) is 13.0 Å². The largest absolute Gasteiger partial charge is 0.361 e. The fourth-order valence-electron chi connectivity index (χ4n) is 3.16. The second-order valence-electron chi connectivity index (χ2n) is 6.38. The van der Waals surface area contributed by atoms with Crippen LogP contribution >= 0.6 is 0 Å². The fraction of sp³-hybridized carbons (Fsp3) is 0.250. The number of hydrogen-bond acceptors (Lipinski definition) is 2. The average Bonchev–Trinajstić information content (AvgIpc) is 3.21. The molecule has 1 aromatic carbocycles. The number of benzene rings is 1. The lowest BCUT2D eigenvalue weighted by atomic mass is 10.1. The van der Waals surface area contributed by atoms with Gasteiger partial charge in [-0.3, -0.25) is 0 Å². The van der Waals surface area contributed by atoms with Crippen molar-refractivity contribution in [2.24, 2.45) is 0 Å². The number of nitrogens with one attached hydrogen (secondary N) is 2. The van der Waals surface area contributed by atoms with Gasteiger partial charge in [-0.15, -0.1) is 0 Å². The first-order valence-corrected chi connectivity index (χ1v) is 8.50. The molecule has 0 aliphatic carbocycles. The van der Waals surface area contributed by atoms with Gasteiger partial charge in [0.25, 0.3) is 0 Å². The van der Waals surface area contributed by atoms with Gasteiger partial charge in [0.05, 0.1) is 5.69 Å². The summed E-state index contributed by atoms with van der Waals surface area (Å²) >= 11 is 0. The van der Waals surface area contributed by atoms with Gasteiger partial charge in [-0.1, -0.05) is 24.3 Å². The molecule has 0 saturated heterocycles. The predicted octanol–water partition coefficient (Wildman–Crippen LogP) is 3.93. The molecular formula is C20H22N4. The maximum Gasteiger partial charge on any atom is 0.137 e. The van der Waals surface area contributed by atoms with Crippen molar-refractivity contribution in [3.63, 3.8) is 0 Å². The fourth-order valence-corrected chi connectivity index (χ4v) is 3.16. The van der Waals surface area contributed by atoms with Gasteiger partial charge in [-0.2, -0.15) is 0 Å². The molecule has 0 saturated carbocycles. The Morgan fingerprint density at radius 2 is 2.04 bits per heavy atom. The first-order valence-electron chi connectivity index (χ1n) is 8.50. The van der Waals surface area contributed by atoms with E-state index in [1.807, 2.05) is 24.4 Å². The molecule has 0 amide bonds. The van der Waals surface area contributed by atoms with Gasteiger partial charge in [0.2, 0.25) is 0 Å². The molecule has 0 aliphatic heterocycles. The lowest BCUT2D eigenvalue weighted by molar-refractivity contribution is 0.511. The topological polar surface area (TPSA) is 45.1 Å². The van der Waals surface area contributed by atoms with E-state index in [4.69, 9.17) is 0 Å². The Balaban J connectivity index is 1.34. The highest BCUT2D eigenvalue weighted by atomic mass is 15.0. The lowest BCUT2D eigenvalue weighted by Gasteiger charge is -2.12. The molecule has 24 heavy (non-hydrogen) atoms. The number of pyridine rings is 1. The second kappa shape index (κ2) is 6.49. The number of para-hydroxylation sites is 1. The molecule has 4 nitrogen and oxygen atoms in total. The minimum Gasteiger partial charge on any atom is -0.361 e. The van der Waals surface area contributed by atoms with Gasteiger partial charge in [0.1, 0.15) is 5.65 Å². The number of aromatic amines is 1. The van der Waals surface area contributed by atoms with Crippen LogP contribution in [0.2, 0.25) is 0 Å². The van der Waals surface area contributed by atoms with Crippen LogP contribution in [0.1, 0.15) is 24.6 Å². The van der Waals surface area contributed by atoms with Crippen molar-refractivity contribution in [2.45, 2.75) is 32.4 Å². The predicted molar refractivity (Wildman–Crippen MR) is 98.1 cm³/mol. The minimum absolute atomic E-state index is 0.448. The summed E-state index contributed by atoms with van der Waals surface area (Å²) in [5.74, 6) is 0. The summed E-state index contributed by atoms with van der Waals surface area (Å²) in [5.41, 5.74) is 4.70. The maximum absolute atomic E-state index is 4.63. The molecule has 0 unspecified atom stereocenters. The van der Waals surface area contributed by atoms with Crippen molar-refractivity contribution in [2.75, 3.05) is 0 Å². The number of H-pyrrole nitrogens is 1. The van der Waals surface area contributed by atoms with E-state index in [1.165, 1.54) is 16.5 Å². The summed E-state index contributed by atoms with van der Waals surface area (Å²) in [7, 11) is 0. The van der Waals surface area contributed by atoms with Crippen molar-refractivity contribution in [1.29, 1.82) is 0 Å². The molecule has 3 aromatic heterocycles. The standard InChI is InChI=1S/C20H22N4/c1-15(9-10-16-12-22-19-7-3-2-6-18(16)19)21-13-17-14-24-11-5-4-8-20(24)23-17/h2-8,11-12,14-15,21-22H,9-10,13H2,1H3/t15-/m0/s1. The molecule has 2 N–H and O–H groups in total. The molecule has 4 heteroatoms. The van der Waals surface area contributed by atoms with Crippen LogP contribution < -0.4 is 5.32 Å². The molecule has 0 aliphatic rings. The van der Waals surface area contributed by atoms with Crippen molar-refractivity contribution in [3.8, 4) is 0 Å². The number of aromatic nitrogens is 3. The summed E-state index contributed by atoms with van der Waals surface area (Å²) in [6.07, 6.45) is 8.44. The van der Waals surface area contributed by atoms with Gasteiger partial charge in [-0.05, 0) is 43.5 Å². The number of aryl methyl sites for hydroxylation is 1. The quantitative estimate of drug-likeness (QED) is 0.566. The zero-order valence-corrected chi connectivity index (χ0v) is 13.9. The Kier molecular flexibility index (Phi) is 4.05. The zero-order chi connectivity index (χ0) is 16.4. The number of hydrogen-bond donors (Lipinski definition) is 2. The molecule has 122 valence electrons. The van der Waals surface area contributed by atoms with Gasteiger partial charge in [0.15, 0.2) is 0 Å². The molecular weight excluding hydrogens is 296 g/mol. The maximum atomic E-state index is 4.63. The number of rotatable bonds is 6. The third-order valence-corrected chi connectivity index (χ3v) is 4.57. The van der Waals surface area contributed by atoms with E-state index in [0.29, 0.717) is 6.04 Å². The molecule has 1 atom stereocenters. The molecule has 4 rings (SSSR count). The highest BCUT2D eigenvalue weighted by molar-refractivity contribution is 5.82. The van der Waals surface area contributed by atoms with Crippen LogP contribution in [0.25, 0.3) is 16.6 Å². The van der Waals surface area contributed by atoms with Gasteiger partial charge >= 0.3 is 0 Å². The van der Waals surface area contributed by atoms with Gasteiger partial charge < -0.3 is 14.7 Å².